The molecule has 2 atom stereocenters. The average molecular weight is 820 g/mol. The third-order valence-corrected chi connectivity index (χ3v) is 36.4. The Labute approximate surface area is 288 Å². The van der Waals surface area contributed by atoms with Crippen LogP contribution < -0.4 is 24.8 Å². The van der Waals surface area contributed by atoms with Gasteiger partial charge in [0.2, 0.25) is 0 Å². The van der Waals surface area contributed by atoms with Gasteiger partial charge in [-0.3, -0.25) is 0 Å². The fourth-order valence-electron chi connectivity index (χ4n) is 9.35. The van der Waals surface area contributed by atoms with Crippen molar-refractivity contribution in [3.8, 4) is 0 Å². The molecule has 0 amide bonds. The van der Waals surface area contributed by atoms with E-state index in [-0.39, 0.29) is 24.8 Å². The Morgan fingerprint density at radius 3 is 1.20 bits per heavy atom. The van der Waals surface area contributed by atoms with E-state index in [4.69, 9.17) is 0 Å². The van der Waals surface area contributed by atoms with Gasteiger partial charge in [-0.05, 0) is 0 Å². The molecular formula is C42H38Cl2HfSi. The number of rotatable bonds is 4. The average Bonchev–Trinajstić information content (AvgIpc) is 3.51. The molecule has 0 saturated carbocycles. The Morgan fingerprint density at radius 2 is 0.761 bits per heavy atom. The summed E-state index contributed by atoms with van der Waals surface area (Å²) >= 11 is -3.92. The first-order valence-corrected chi connectivity index (χ1v) is 35.5. The molecule has 6 aromatic carbocycles. The van der Waals surface area contributed by atoms with Gasteiger partial charge >= 0.3 is 265 Å². The molecule has 6 aromatic rings. The van der Waals surface area contributed by atoms with Gasteiger partial charge in [0.15, 0.2) is 0 Å². The summed E-state index contributed by atoms with van der Waals surface area (Å²) in [5.74, 6) is 0. The zero-order valence-electron chi connectivity index (χ0n) is 26.8. The van der Waals surface area contributed by atoms with E-state index in [2.05, 4.69) is 164 Å². The molecule has 4 heteroatoms. The molecule has 0 radical (unpaired) electrons. The second-order valence-corrected chi connectivity index (χ2v) is 57.7. The van der Waals surface area contributed by atoms with E-state index >= 15 is 0 Å². The van der Waals surface area contributed by atoms with E-state index in [1.807, 2.05) is 0 Å². The van der Waals surface area contributed by atoms with Crippen LogP contribution in [0.4, 0.5) is 0 Å². The molecule has 0 bridgehead atoms. The molecule has 0 fully saturated rings. The summed E-state index contributed by atoms with van der Waals surface area (Å²) in [6.07, 6.45) is 0. The molecule has 8 rings (SSSR count). The summed E-state index contributed by atoms with van der Waals surface area (Å²) in [6.45, 7) is 7.38. The number of fused-ring (bicyclic) bond motifs is 4. The van der Waals surface area contributed by atoms with Crippen molar-refractivity contribution in [1.82, 2.24) is 0 Å². The van der Waals surface area contributed by atoms with E-state index < -0.39 is 17.1 Å². The molecule has 0 nitrogen and oxygen atoms in total. The van der Waals surface area contributed by atoms with Gasteiger partial charge in [-0.1, -0.05) is 0 Å². The van der Waals surface area contributed by atoms with Crippen LogP contribution in [-0.4, -0.2) is 6.94 Å². The van der Waals surface area contributed by atoms with Crippen LogP contribution in [0, 0.1) is 0 Å². The molecule has 2 aliphatic carbocycles. The van der Waals surface area contributed by atoms with Gasteiger partial charge in [-0.25, -0.2) is 0 Å². The number of halogens is 2. The van der Waals surface area contributed by atoms with Gasteiger partial charge in [0.05, 0.1) is 0 Å². The first-order valence-electron chi connectivity index (χ1n) is 15.9. The van der Waals surface area contributed by atoms with Crippen LogP contribution in [0.1, 0.15) is 54.6 Å². The molecule has 0 heterocycles. The number of hydrogen-bond acceptors (Lipinski definition) is 0. The van der Waals surface area contributed by atoms with Gasteiger partial charge in [0, 0.05) is 0 Å². The molecule has 46 heavy (non-hydrogen) atoms. The van der Waals surface area contributed by atoms with Crippen molar-refractivity contribution in [3.63, 3.8) is 0 Å². The summed E-state index contributed by atoms with van der Waals surface area (Å²) < 4.78 is 6.47. The Kier molecular flexibility index (Phi) is 8.51. The molecular weight excluding hydrogens is 782 g/mol. The second kappa shape index (κ2) is 11.9. The maximum atomic E-state index is 2.77. The Hall–Kier alpha value is -3.01. The predicted molar refractivity (Wildman–Crippen MR) is 190 cm³/mol. The third-order valence-electron chi connectivity index (χ3n) is 10.8. The molecule has 0 aliphatic heterocycles. The Balaban J connectivity index is 0.00000186. The van der Waals surface area contributed by atoms with Crippen LogP contribution in [0.25, 0.3) is 32.7 Å². The summed E-state index contributed by atoms with van der Waals surface area (Å²) in [6, 6.07) is 50.1. The van der Waals surface area contributed by atoms with Crippen LogP contribution in [-0.2, 0) is 17.1 Å². The quantitative estimate of drug-likeness (QED) is 0.225. The van der Waals surface area contributed by atoms with Crippen LogP contribution >= 0.6 is 0 Å². The maximum absolute atomic E-state index is 3.92. The predicted octanol–water partition coefficient (Wildman–Crippen LogP) is 4.79. The second-order valence-electron chi connectivity index (χ2n) is 14.1. The topological polar surface area (TPSA) is 0 Å². The van der Waals surface area contributed by atoms with Crippen molar-refractivity contribution in [2.24, 2.45) is 0 Å². The SMILES string of the molecule is CC1=C(c2cccc3ccccc23)c2ccccc2[CH]1[Hf+2]([CH3])([CH3])(=[SiH2])[CH]1C(C)=C(c2cccc3ccccc23)c2ccccc21.[Cl-].[Cl-]. The molecule has 2 unspecified atom stereocenters. The largest absolute Gasteiger partial charge is 1.00 e. The van der Waals surface area contributed by atoms with E-state index in [1.165, 1.54) is 54.9 Å². The molecule has 0 saturated heterocycles. The normalized spacial score (nSPS) is 17.0. The Bertz CT molecular complexity index is 2140. The van der Waals surface area contributed by atoms with E-state index in [0.717, 1.165) is 0 Å². The van der Waals surface area contributed by atoms with Crippen molar-refractivity contribution >= 4 is 39.6 Å². The standard InChI is InChI=1S/2C20H15.2CH3.2ClH.Hf.H2Si/c2*1-14-13-16-8-3-5-11-18(16)20(14)19-12-6-9-15-7-2-4-10-17(15)19;;;;;;/h2*2-13H,1H3;2*1H3;2*1H;;1H2/q;;;;;;+2;/p-2. The van der Waals surface area contributed by atoms with Gasteiger partial charge in [-0.15, -0.1) is 0 Å². The van der Waals surface area contributed by atoms with Crippen LogP contribution in [0.5, 0.6) is 0 Å². The third kappa shape index (κ3) is 4.79. The minimum Gasteiger partial charge on any atom is -1.00 e. The molecule has 228 valence electrons. The van der Waals surface area contributed by atoms with Gasteiger partial charge in [0.1, 0.15) is 0 Å². The minimum atomic E-state index is -3.92. The van der Waals surface area contributed by atoms with Crippen molar-refractivity contribution in [2.45, 2.75) is 30.6 Å². The molecule has 0 spiro atoms. The molecule has 0 aromatic heterocycles. The number of benzene rings is 6. The van der Waals surface area contributed by atoms with Gasteiger partial charge < -0.3 is 24.8 Å². The maximum Gasteiger partial charge on any atom is -1.00 e. The fraction of sp³-hybridized carbons (Fsp3) is 0.143. The number of allylic oxidation sites excluding steroid dienone is 2. The van der Waals surface area contributed by atoms with E-state index in [9.17, 15) is 0 Å². The van der Waals surface area contributed by atoms with Crippen molar-refractivity contribution in [2.75, 3.05) is 0 Å². The van der Waals surface area contributed by atoms with Gasteiger partial charge in [0.25, 0.3) is 0 Å². The monoisotopic (exact) mass is 820 g/mol. The summed E-state index contributed by atoms with van der Waals surface area (Å²) in [4.78, 5) is 0. The first kappa shape index (κ1) is 32.9. The minimum absolute atomic E-state index is 0. The van der Waals surface area contributed by atoms with Crippen molar-refractivity contribution < 1.29 is 41.9 Å². The van der Waals surface area contributed by atoms with Crippen LogP contribution in [0.2, 0.25) is 9.36 Å². The first-order chi connectivity index (χ1) is 21.2. The molecule has 2 aliphatic rings. The number of hydrogen-bond donors (Lipinski definition) is 0. The van der Waals surface area contributed by atoms with Crippen molar-refractivity contribution in [3.05, 3.63) is 178 Å². The molecule has 0 N–H and O–H groups in total. The Morgan fingerprint density at radius 1 is 0.435 bits per heavy atom. The smallest absolute Gasteiger partial charge is 1.00 e. The summed E-state index contributed by atoms with van der Waals surface area (Å²) in [7, 11) is 0. The zero-order valence-corrected chi connectivity index (χ0v) is 33.3. The fourth-order valence-corrected chi connectivity index (χ4v) is 39.6. The van der Waals surface area contributed by atoms with Crippen molar-refractivity contribution in [1.29, 1.82) is 0 Å². The van der Waals surface area contributed by atoms with E-state index in [0.29, 0.717) is 7.35 Å². The summed E-state index contributed by atoms with van der Waals surface area (Å²) in [5, 5.41) is 5.32. The zero-order chi connectivity index (χ0) is 30.2. The van der Waals surface area contributed by atoms with E-state index in [1.54, 1.807) is 22.3 Å². The van der Waals surface area contributed by atoms with Crippen LogP contribution in [0.15, 0.2) is 145 Å². The van der Waals surface area contributed by atoms with Crippen LogP contribution in [0.3, 0.4) is 0 Å². The van der Waals surface area contributed by atoms with Gasteiger partial charge in [-0.2, -0.15) is 0 Å². The summed E-state index contributed by atoms with van der Waals surface area (Å²) in [5.41, 5.74) is 14.8.